The maximum Gasteiger partial charge on any atom is 0.226 e. The van der Waals surface area contributed by atoms with Crippen molar-refractivity contribution < 1.29 is 4.42 Å². The summed E-state index contributed by atoms with van der Waals surface area (Å²) < 4.78 is 5.32. The van der Waals surface area contributed by atoms with Crippen LogP contribution in [0.1, 0.15) is 18.7 Å². The molecule has 0 aliphatic carbocycles. The van der Waals surface area contributed by atoms with Crippen LogP contribution in [0.2, 0.25) is 0 Å². The van der Waals surface area contributed by atoms with E-state index in [0.717, 1.165) is 11.3 Å². The van der Waals surface area contributed by atoms with Gasteiger partial charge in [0.2, 0.25) is 5.89 Å². The molecule has 0 saturated heterocycles. The third kappa shape index (κ3) is 2.58. The van der Waals surface area contributed by atoms with Gasteiger partial charge in [0.25, 0.3) is 0 Å². The van der Waals surface area contributed by atoms with Crippen molar-refractivity contribution in [2.45, 2.75) is 13.0 Å². The van der Waals surface area contributed by atoms with Gasteiger partial charge in [0.05, 0.1) is 5.69 Å². The molecule has 0 aliphatic rings. The molecule has 0 unspecified atom stereocenters. The van der Waals surface area contributed by atoms with Crippen LogP contribution in [-0.2, 0) is 0 Å². The zero-order chi connectivity index (χ0) is 9.97. The first-order chi connectivity index (χ1) is 6.77. The number of halogens is 1. The monoisotopic (exact) mass is 224 g/mol. The Balaban J connectivity index is 0.00000112. The lowest BCUT2D eigenvalue weighted by Gasteiger charge is -1.95. The number of aromatic nitrogens is 1. The quantitative estimate of drug-likeness (QED) is 0.854. The van der Waals surface area contributed by atoms with Crippen molar-refractivity contribution in [1.82, 2.24) is 4.98 Å². The average molecular weight is 225 g/mol. The van der Waals surface area contributed by atoms with E-state index in [2.05, 4.69) is 4.98 Å². The molecule has 3 nitrogen and oxygen atoms in total. The van der Waals surface area contributed by atoms with Crippen molar-refractivity contribution in [2.75, 3.05) is 0 Å². The highest BCUT2D eigenvalue weighted by atomic mass is 35.5. The van der Waals surface area contributed by atoms with Gasteiger partial charge in [0.15, 0.2) is 0 Å². The molecule has 0 aliphatic heterocycles. The van der Waals surface area contributed by atoms with Crippen molar-refractivity contribution in [3.8, 4) is 11.5 Å². The Labute approximate surface area is 94.7 Å². The normalized spacial score (nSPS) is 11.9. The molecule has 2 aromatic rings. The molecule has 4 heteroatoms. The van der Waals surface area contributed by atoms with Crippen LogP contribution in [0, 0.1) is 0 Å². The first-order valence-corrected chi connectivity index (χ1v) is 4.54. The molecule has 15 heavy (non-hydrogen) atoms. The number of hydrogen-bond acceptors (Lipinski definition) is 3. The smallest absolute Gasteiger partial charge is 0.226 e. The maximum absolute atomic E-state index is 5.68. The highest BCUT2D eigenvalue weighted by Gasteiger charge is 2.08. The molecule has 2 rings (SSSR count). The van der Waals surface area contributed by atoms with Crippen molar-refractivity contribution in [2.24, 2.45) is 5.73 Å². The van der Waals surface area contributed by atoms with Gasteiger partial charge < -0.3 is 10.2 Å². The second kappa shape index (κ2) is 4.96. The summed E-state index contributed by atoms with van der Waals surface area (Å²) in [4.78, 5) is 4.29. The van der Waals surface area contributed by atoms with Gasteiger partial charge in [-0.2, -0.15) is 0 Å². The highest BCUT2D eigenvalue weighted by Crippen LogP contribution is 2.19. The van der Waals surface area contributed by atoms with Crippen LogP contribution in [0.15, 0.2) is 41.0 Å². The minimum absolute atomic E-state index is 0. The van der Waals surface area contributed by atoms with Gasteiger partial charge in [0.1, 0.15) is 6.26 Å². The lowest BCUT2D eigenvalue weighted by Crippen LogP contribution is -2.04. The van der Waals surface area contributed by atoms with Gasteiger partial charge in [0, 0.05) is 11.6 Å². The second-order valence-corrected chi connectivity index (χ2v) is 3.23. The largest absolute Gasteiger partial charge is 0.444 e. The van der Waals surface area contributed by atoms with Gasteiger partial charge in [-0.05, 0) is 19.1 Å². The van der Waals surface area contributed by atoms with Gasteiger partial charge >= 0.3 is 0 Å². The van der Waals surface area contributed by atoms with Gasteiger partial charge in [-0.25, -0.2) is 4.98 Å². The summed E-state index contributed by atoms with van der Waals surface area (Å²) in [6.45, 7) is 1.88. The standard InChI is InChI=1S/C11H12N2O.ClH/c1-8(12)10-7-14-11(13-10)9-5-3-2-4-6-9;/h2-8H,12H2,1H3;1H/t8-;/m1./s1. The number of rotatable bonds is 2. The third-order valence-corrected chi connectivity index (χ3v) is 2.01. The minimum atomic E-state index is -0.0868. The van der Waals surface area contributed by atoms with Crippen LogP contribution in [0.3, 0.4) is 0 Å². The summed E-state index contributed by atoms with van der Waals surface area (Å²) in [5, 5.41) is 0. The molecule has 1 aromatic heterocycles. The summed E-state index contributed by atoms with van der Waals surface area (Å²) >= 11 is 0. The fourth-order valence-corrected chi connectivity index (χ4v) is 1.21. The molecule has 1 aromatic carbocycles. The van der Waals surface area contributed by atoms with E-state index < -0.39 is 0 Å². The van der Waals surface area contributed by atoms with E-state index in [1.54, 1.807) is 6.26 Å². The molecule has 1 atom stereocenters. The minimum Gasteiger partial charge on any atom is -0.444 e. The fraction of sp³-hybridized carbons (Fsp3) is 0.182. The Morgan fingerprint density at radius 3 is 2.47 bits per heavy atom. The molecule has 1 heterocycles. The van der Waals surface area contributed by atoms with Crippen LogP contribution in [0.5, 0.6) is 0 Å². The predicted molar refractivity (Wildman–Crippen MR) is 61.8 cm³/mol. The Hall–Kier alpha value is -1.32. The van der Waals surface area contributed by atoms with E-state index in [-0.39, 0.29) is 18.4 Å². The Kier molecular flexibility index (Phi) is 3.88. The van der Waals surface area contributed by atoms with E-state index in [1.807, 2.05) is 37.3 Å². The molecule has 80 valence electrons. The average Bonchev–Trinajstić information content (AvgIpc) is 2.68. The van der Waals surface area contributed by atoms with Crippen LogP contribution in [0.25, 0.3) is 11.5 Å². The summed E-state index contributed by atoms with van der Waals surface area (Å²) in [5.74, 6) is 0.623. The van der Waals surface area contributed by atoms with Crippen molar-refractivity contribution in [3.63, 3.8) is 0 Å². The lowest BCUT2D eigenvalue weighted by atomic mass is 10.2. The molecular formula is C11H13ClN2O. The van der Waals surface area contributed by atoms with E-state index in [1.165, 1.54) is 0 Å². The van der Waals surface area contributed by atoms with E-state index in [0.29, 0.717) is 5.89 Å². The molecular weight excluding hydrogens is 212 g/mol. The third-order valence-electron chi connectivity index (χ3n) is 2.01. The highest BCUT2D eigenvalue weighted by molar-refractivity contribution is 5.85. The predicted octanol–water partition coefficient (Wildman–Crippen LogP) is 2.78. The first kappa shape index (κ1) is 11.8. The fourth-order valence-electron chi connectivity index (χ4n) is 1.21. The Bertz CT molecular complexity index is 412. The zero-order valence-electron chi connectivity index (χ0n) is 8.38. The van der Waals surface area contributed by atoms with E-state index in [9.17, 15) is 0 Å². The van der Waals surface area contributed by atoms with Gasteiger partial charge in [-0.3, -0.25) is 0 Å². The number of hydrogen-bond donors (Lipinski definition) is 1. The first-order valence-electron chi connectivity index (χ1n) is 4.54. The van der Waals surface area contributed by atoms with Gasteiger partial charge in [-0.1, -0.05) is 18.2 Å². The Morgan fingerprint density at radius 2 is 1.93 bits per heavy atom. The molecule has 0 saturated carbocycles. The van der Waals surface area contributed by atoms with Crippen LogP contribution >= 0.6 is 12.4 Å². The summed E-state index contributed by atoms with van der Waals surface area (Å²) in [6.07, 6.45) is 1.60. The van der Waals surface area contributed by atoms with Crippen molar-refractivity contribution >= 4 is 12.4 Å². The number of nitrogens with zero attached hydrogens (tertiary/aromatic N) is 1. The topological polar surface area (TPSA) is 52.0 Å². The number of oxazole rings is 1. The maximum atomic E-state index is 5.68. The second-order valence-electron chi connectivity index (χ2n) is 3.23. The molecule has 0 radical (unpaired) electrons. The van der Waals surface area contributed by atoms with Crippen LogP contribution < -0.4 is 5.73 Å². The lowest BCUT2D eigenvalue weighted by molar-refractivity contribution is 0.570. The summed E-state index contributed by atoms with van der Waals surface area (Å²) in [7, 11) is 0. The summed E-state index contributed by atoms with van der Waals surface area (Å²) in [5.41, 5.74) is 7.44. The SMILES string of the molecule is C[C@@H](N)c1coc(-c2ccccc2)n1.Cl. The summed E-state index contributed by atoms with van der Waals surface area (Å²) in [6, 6.07) is 9.68. The van der Waals surface area contributed by atoms with Crippen molar-refractivity contribution in [3.05, 3.63) is 42.3 Å². The van der Waals surface area contributed by atoms with Crippen LogP contribution in [0.4, 0.5) is 0 Å². The van der Waals surface area contributed by atoms with Crippen LogP contribution in [-0.4, -0.2) is 4.98 Å². The molecule has 0 amide bonds. The van der Waals surface area contributed by atoms with Crippen molar-refractivity contribution in [1.29, 1.82) is 0 Å². The Morgan fingerprint density at radius 1 is 1.27 bits per heavy atom. The molecule has 0 spiro atoms. The zero-order valence-corrected chi connectivity index (χ0v) is 9.20. The molecule has 0 fully saturated rings. The number of nitrogens with two attached hydrogens (primary N) is 1. The van der Waals surface area contributed by atoms with E-state index in [4.69, 9.17) is 10.2 Å². The molecule has 2 N–H and O–H groups in total. The molecule has 0 bridgehead atoms. The van der Waals surface area contributed by atoms with E-state index >= 15 is 0 Å². The van der Waals surface area contributed by atoms with Gasteiger partial charge in [-0.15, -0.1) is 12.4 Å². The number of benzene rings is 1.